The minimum absolute atomic E-state index is 0.0571. The van der Waals surface area contributed by atoms with Gasteiger partial charge in [0.1, 0.15) is 28.8 Å². The van der Waals surface area contributed by atoms with Crippen molar-refractivity contribution in [3.8, 4) is 0 Å². The van der Waals surface area contributed by atoms with Crippen molar-refractivity contribution >= 4 is 23.1 Å². The first-order valence-corrected chi connectivity index (χ1v) is 8.38. The molecule has 3 aromatic rings. The molecule has 0 bridgehead atoms. The molecule has 0 aliphatic heterocycles. The zero-order valence-corrected chi connectivity index (χ0v) is 14.8. The second-order valence-corrected chi connectivity index (χ2v) is 6.24. The highest BCUT2D eigenvalue weighted by Gasteiger charge is 2.14. The Morgan fingerprint density at radius 1 is 0.963 bits per heavy atom. The van der Waals surface area contributed by atoms with E-state index in [1.54, 1.807) is 0 Å². The Balaban J connectivity index is 1.68. The van der Waals surface area contributed by atoms with Crippen LogP contribution in [0.5, 0.6) is 0 Å². The normalized spacial score (nSPS) is 10.7. The number of hydrogen-bond acceptors (Lipinski definition) is 4. The molecule has 1 amide bonds. The first-order valence-electron chi connectivity index (χ1n) is 8.38. The van der Waals surface area contributed by atoms with Crippen molar-refractivity contribution in [3.05, 3.63) is 77.8 Å². The van der Waals surface area contributed by atoms with Crippen molar-refractivity contribution in [3.63, 3.8) is 0 Å². The van der Waals surface area contributed by atoms with Crippen LogP contribution >= 0.6 is 0 Å². The van der Waals surface area contributed by atoms with Crippen molar-refractivity contribution in [2.45, 2.75) is 19.8 Å². The number of hydrogen-bond donors (Lipinski definition) is 2. The van der Waals surface area contributed by atoms with E-state index < -0.39 is 23.2 Å². The molecule has 0 saturated heterocycles. The highest BCUT2D eigenvalue weighted by atomic mass is 19.1. The smallest absolute Gasteiger partial charge is 0.276 e. The van der Waals surface area contributed by atoms with Gasteiger partial charge in [-0.2, -0.15) is 0 Å². The number of rotatable bonds is 5. The molecule has 0 unspecified atom stereocenters. The van der Waals surface area contributed by atoms with Crippen LogP contribution in [0.3, 0.4) is 0 Å². The Hall–Kier alpha value is -3.35. The lowest BCUT2D eigenvalue weighted by atomic mass is 10.0. The number of para-hydroxylation sites is 1. The summed E-state index contributed by atoms with van der Waals surface area (Å²) < 4.78 is 27.2. The molecular weight excluding hydrogens is 350 g/mol. The van der Waals surface area contributed by atoms with E-state index in [0.29, 0.717) is 11.7 Å². The lowest BCUT2D eigenvalue weighted by molar-refractivity contribution is 0.102. The van der Waals surface area contributed by atoms with Gasteiger partial charge in [0.2, 0.25) is 0 Å². The molecule has 1 aromatic heterocycles. The van der Waals surface area contributed by atoms with E-state index in [4.69, 9.17) is 0 Å². The van der Waals surface area contributed by atoms with Crippen molar-refractivity contribution < 1.29 is 13.6 Å². The minimum atomic E-state index is -0.862. The summed E-state index contributed by atoms with van der Waals surface area (Å²) in [5.41, 5.74) is 1.48. The van der Waals surface area contributed by atoms with Crippen LogP contribution in [0.15, 0.2) is 54.9 Å². The molecule has 3 rings (SSSR count). The fraction of sp³-hybridized carbons (Fsp3) is 0.150. The van der Waals surface area contributed by atoms with Gasteiger partial charge in [-0.1, -0.05) is 32.0 Å². The summed E-state index contributed by atoms with van der Waals surface area (Å²) >= 11 is 0. The molecule has 2 N–H and O–H groups in total. The van der Waals surface area contributed by atoms with Gasteiger partial charge in [0, 0.05) is 5.69 Å². The van der Waals surface area contributed by atoms with Gasteiger partial charge in [-0.25, -0.2) is 18.7 Å². The fourth-order valence-electron chi connectivity index (χ4n) is 2.40. The number of carbonyl (C=O) groups is 1. The van der Waals surface area contributed by atoms with Crippen LogP contribution in [0.2, 0.25) is 0 Å². The molecule has 0 aliphatic carbocycles. The number of halogens is 2. The van der Waals surface area contributed by atoms with E-state index in [1.165, 1.54) is 24.0 Å². The minimum Gasteiger partial charge on any atom is -0.339 e. The third-order valence-electron chi connectivity index (χ3n) is 3.94. The van der Waals surface area contributed by atoms with Gasteiger partial charge in [0.05, 0.1) is 12.4 Å². The van der Waals surface area contributed by atoms with Crippen LogP contribution in [0, 0.1) is 11.6 Å². The van der Waals surface area contributed by atoms with Gasteiger partial charge in [-0.3, -0.25) is 4.79 Å². The number of carbonyl (C=O) groups excluding carboxylic acids is 1. The zero-order valence-electron chi connectivity index (χ0n) is 14.8. The molecule has 1 heterocycles. The van der Waals surface area contributed by atoms with Crippen molar-refractivity contribution in [2.75, 3.05) is 10.6 Å². The molecule has 0 aliphatic rings. The lowest BCUT2D eigenvalue weighted by Crippen LogP contribution is -2.16. The molecule has 7 heteroatoms. The summed E-state index contributed by atoms with van der Waals surface area (Å²) in [6, 6.07) is 11.2. The number of anilines is 3. The molecule has 138 valence electrons. The Labute approximate surface area is 155 Å². The molecular formula is C20H18F2N4O. The third-order valence-corrected chi connectivity index (χ3v) is 3.94. The number of benzene rings is 2. The van der Waals surface area contributed by atoms with E-state index in [-0.39, 0.29) is 5.69 Å². The van der Waals surface area contributed by atoms with Gasteiger partial charge in [0.15, 0.2) is 0 Å². The molecule has 0 fully saturated rings. The van der Waals surface area contributed by atoms with Gasteiger partial charge < -0.3 is 10.6 Å². The van der Waals surface area contributed by atoms with Crippen LogP contribution in [-0.2, 0) is 0 Å². The van der Waals surface area contributed by atoms with Crippen LogP contribution in [0.1, 0.15) is 35.8 Å². The van der Waals surface area contributed by atoms with Gasteiger partial charge in [0.25, 0.3) is 5.91 Å². The van der Waals surface area contributed by atoms with Crippen LogP contribution < -0.4 is 10.6 Å². The average molecular weight is 368 g/mol. The quantitative estimate of drug-likeness (QED) is 0.674. The summed E-state index contributed by atoms with van der Waals surface area (Å²) in [4.78, 5) is 20.2. The highest BCUT2D eigenvalue weighted by molar-refractivity contribution is 6.02. The number of amides is 1. The maximum atomic E-state index is 13.6. The summed E-state index contributed by atoms with van der Waals surface area (Å²) in [6.45, 7) is 4.23. The molecule has 0 saturated carbocycles. The topological polar surface area (TPSA) is 66.9 Å². The van der Waals surface area contributed by atoms with E-state index in [9.17, 15) is 13.6 Å². The average Bonchev–Trinajstić information content (AvgIpc) is 2.66. The molecule has 2 aromatic carbocycles. The standard InChI is InChI=1S/C20H18F2N4O/c1-12(2)13-6-8-14(9-7-13)25-18-11-23-17(10-24-18)20(27)26-19-15(21)4-3-5-16(19)22/h3-12H,1-2H3,(H,24,25)(H,26,27). The van der Waals surface area contributed by atoms with Crippen LogP contribution in [0.4, 0.5) is 26.0 Å². The lowest BCUT2D eigenvalue weighted by Gasteiger charge is -2.09. The summed E-state index contributed by atoms with van der Waals surface area (Å²) in [5.74, 6) is -1.59. The summed E-state index contributed by atoms with van der Waals surface area (Å²) in [5, 5.41) is 5.25. The Morgan fingerprint density at radius 3 is 2.19 bits per heavy atom. The second kappa shape index (κ2) is 7.90. The summed E-state index contributed by atoms with van der Waals surface area (Å²) in [7, 11) is 0. The van der Waals surface area contributed by atoms with Crippen LogP contribution in [0.25, 0.3) is 0 Å². The molecule has 5 nitrogen and oxygen atoms in total. The van der Waals surface area contributed by atoms with Gasteiger partial charge >= 0.3 is 0 Å². The van der Waals surface area contributed by atoms with Gasteiger partial charge in [-0.05, 0) is 35.7 Å². The SMILES string of the molecule is CC(C)c1ccc(Nc2cnc(C(=O)Nc3c(F)cccc3F)cn2)cc1. The Morgan fingerprint density at radius 2 is 1.63 bits per heavy atom. The van der Waals surface area contributed by atoms with Crippen LogP contribution in [-0.4, -0.2) is 15.9 Å². The number of aromatic nitrogens is 2. The predicted octanol–water partition coefficient (Wildman–Crippen LogP) is 4.87. The number of nitrogens with one attached hydrogen (secondary N) is 2. The zero-order chi connectivity index (χ0) is 19.4. The summed E-state index contributed by atoms with van der Waals surface area (Å²) in [6.07, 6.45) is 2.61. The largest absolute Gasteiger partial charge is 0.339 e. The van der Waals surface area contributed by atoms with Crippen molar-refractivity contribution in [1.82, 2.24) is 9.97 Å². The monoisotopic (exact) mass is 368 g/mol. The Kier molecular flexibility index (Phi) is 5.40. The van der Waals surface area contributed by atoms with Gasteiger partial charge in [-0.15, -0.1) is 0 Å². The first-order chi connectivity index (χ1) is 12.9. The Bertz CT molecular complexity index is 921. The second-order valence-electron chi connectivity index (χ2n) is 6.24. The predicted molar refractivity (Wildman–Crippen MR) is 100 cm³/mol. The molecule has 0 atom stereocenters. The number of nitrogens with zero attached hydrogens (tertiary/aromatic N) is 2. The molecule has 0 radical (unpaired) electrons. The molecule has 0 spiro atoms. The molecule has 27 heavy (non-hydrogen) atoms. The van der Waals surface area contributed by atoms with E-state index in [1.807, 2.05) is 24.3 Å². The van der Waals surface area contributed by atoms with E-state index in [2.05, 4.69) is 34.4 Å². The van der Waals surface area contributed by atoms with E-state index >= 15 is 0 Å². The third kappa shape index (κ3) is 4.44. The fourth-order valence-corrected chi connectivity index (χ4v) is 2.40. The van der Waals surface area contributed by atoms with E-state index in [0.717, 1.165) is 17.8 Å². The van der Waals surface area contributed by atoms with Crippen molar-refractivity contribution in [2.24, 2.45) is 0 Å². The first kappa shape index (κ1) is 18.4. The maximum Gasteiger partial charge on any atom is 0.276 e. The van der Waals surface area contributed by atoms with Crippen molar-refractivity contribution in [1.29, 1.82) is 0 Å². The maximum absolute atomic E-state index is 13.6. The highest BCUT2D eigenvalue weighted by Crippen LogP contribution is 2.20.